The number of carbonyl (C=O) groups excluding carboxylic acids is 3. The van der Waals surface area contributed by atoms with E-state index >= 15 is 0 Å². The van der Waals surface area contributed by atoms with E-state index in [9.17, 15) is 49.8 Å². The number of anilines is 3. The summed E-state index contributed by atoms with van der Waals surface area (Å²) >= 11 is 0. The Hall–Kier alpha value is -5.45. The summed E-state index contributed by atoms with van der Waals surface area (Å²) in [6.07, 6.45) is 2.85. The van der Waals surface area contributed by atoms with Crippen LogP contribution in [0.2, 0.25) is 0 Å². The standard InChI is InChI=1S/C16H23N3O4.C14H20N4O3.C14H19N3O4.Na/c1-4-12-11-17(3)8-9-18(12)13-6-7-15(19(21)22)14(10-13)16(20)23-5-2;1-3-10-9-16(2)6-7-17(10)11-4-5-13(18(20)21)12(8-11)14(15)19;1-3-10-9-15(2)6-7-16(10)11-4-5-13(17(20)21)12(8-11)14(18)19;/h6-7,10,12H,4-5,8-9,11H2,1-3H3;4-5,8,10H,3,6-7,9H2,1-2H3,(H2,15,19);4-5,8,10H,3,6-7,9H2,1-2H3,(H,18,19);/q;;;+1/p-1/t12-;2*10-;/m111./s1. The Balaban J connectivity index is 0.000000261. The van der Waals surface area contributed by atoms with Gasteiger partial charge in [0, 0.05) is 112 Å². The van der Waals surface area contributed by atoms with Gasteiger partial charge in [-0.05, 0) is 83.7 Å². The number of benzene rings is 3. The number of nitro groups is 3. The number of nitrogens with zero attached hydrogens (tertiary/aromatic N) is 9. The predicted octanol–water partition coefficient (Wildman–Crippen LogP) is 1.02. The number of likely N-dealkylation sites (N-methyl/N-ethyl adjacent to an activating group) is 3. The molecule has 0 saturated carbocycles. The molecule has 0 aliphatic carbocycles. The van der Waals surface area contributed by atoms with Gasteiger partial charge in [0.2, 0.25) is 0 Å². The van der Waals surface area contributed by atoms with Crippen molar-refractivity contribution in [3.63, 3.8) is 0 Å². The summed E-state index contributed by atoms with van der Waals surface area (Å²) in [5.41, 5.74) is 6.34. The second-order valence-electron chi connectivity index (χ2n) is 16.3. The van der Waals surface area contributed by atoms with Crippen LogP contribution in [0.15, 0.2) is 54.6 Å². The molecule has 3 atom stereocenters. The molecular weight excluding hydrogens is 868 g/mol. The Morgan fingerprint density at radius 1 is 0.576 bits per heavy atom. The molecule has 3 aliphatic heterocycles. The van der Waals surface area contributed by atoms with Crippen molar-refractivity contribution >= 4 is 52.0 Å². The van der Waals surface area contributed by atoms with E-state index in [0.717, 1.165) is 89.5 Å². The van der Waals surface area contributed by atoms with Crippen LogP contribution in [0.25, 0.3) is 0 Å². The second-order valence-corrected chi connectivity index (χ2v) is 16.3. The molecule has 22 heteroatoms. The van der Waals surface area contributed by atoms with Gasteiger partial charge in [0.05, 0.1) is 32.9 Å². The Labute approximate surface area is 407 Å². The van der Waals surface area contributed by atoms with Gasteiger partial charge in [-0.2, -0.15) is 0 Å². The minimum Gasteiger partial charge on any atom is -0.545 e. The SMILES string of the molecule is CCOC(=O)c1cc(N2CCN(C)C[C@H]2CC)ccc1[N+](=O)[O-].CC[C@@H]1CN(C)CCN1c1ccc([N+](=O)[O-])c(C(=O)[O-])c1.CC[C@@H]1CN(C)CCN1c1ccc([N+](=O)[O-])c(C(N)=O)c1.[Na+]. The van der Waals surface area contributed by atoms with Crippen molar-refractivity contribution < 1.29 is 68.6 Å². The van der Waals surface area contributed by atoms with Gasteiger partial charge in [-0.1, -0.05) is 20.8 Å². The minimum absolute atomic E-state index is 0. The topological polar surface area (TPSA) is 258 Å². The molecule has 6 rings (SSSR count). The van der Waals surface area contributed by atoms with E-state index in [-0.39, 0.29) is 70.3 Å². The maximum atomic E-state index is 12.1. The van der Waals surface area contributed by atoms with Gasteiger partial charge < -0.3 is 49.8 Å². The number of piperazine rings is 3. The van der Waals surface area contributed by atoms with Crippen LogP contribution in [0.1, 0.15) is 78.0 Å². The van der Waals surface area contributed by atoms with Crippen LogP contribution in [0.3, 0.4) is 0 Å². The van der Waals surface area contributed by atoms with Crippen molar-refractivity contribution in [1.82, 2.24) is 14.7 Å². The third-order valence-electron chi connectivity index (χ3n) is 12.0. The van der Waals surface area contributed by atoms with Crippen molar-refractivity contribution in [2.75, 3.05) is 101 Å². The fourth-order valence-electron chi connectivity index (χ4n) is 8.42. The van der Waals surface area contributed by atoms with Gasteiger partial charge in [-0.3, -0.25) is 35.1 Å². The normalized spacial score (nSPS) is 19.0. The van der Waals surface area contributed by atoms with Crippen LogP contribution in [-0.4, -0.2) is 152 Å². The van der Waals surface area contributed by atoms with Gasteiger partial charge in [0.1, 0.15) is 11.1 Å². The molecule has 1 amide bonds. The van der Waals surface area contributed by atoms with Crippen molar-refractivity contribution in [1.29, 1.82) is 0 Å². The maximum absolute atomic E-state index is 12.1. The maximum Gasteiger partial charge on any atom is 1.00 e. The number of hydrogen-bond donors (Lipinski definition) is 1. The first kappa shape index (κ1) is 54.9. The first-order chi connectivity index (χ1) is 30.8. The number of aromatic carboxylic acids is 1. The summed E-state index contributed by atoms with van der Waals surface area (Å²) in [6.45, 7) is 16.0. The molecule has 3 aliphatic rings. The average molecular weight is 929 g/mol. The van der Waals surface area contributed by atoms with Crippen molar-refractivity contribution in [2.45, 2.75) is 65.1 Å². The summed E-state index contributed by atoms with van der Waals surface area (Å²) < 4.78 is 4.96. The fourth-order valence-corrected chi connectivity index (χ4v) is 8.42. The summed E-state index contributed by atoms with van der Waals surface area (Å²) in [4.78, 5) is 79.0. The minimum atomic E-state index is -1.52. The van der Waals surface area contributed by atoms with Gasteiger partial charge in [0.25, 0.3) is 23.0 Å². The van der Waals surface area contributed by atoms with E-state index in [1.54, 1.807) is 31.2 Å². The molecule has 66 heavy (non-hydrogen) atoms. The zero-order valence-electron chi connectivity index (χ0n) is 39.2. The first-order valence-corrected chi connectivity index (χ1v) is 21.7. The third kappa shape index (κ3) is 14.0. The number of rotatable bonds is 13. The van der Waals surface area contributed by atoms with Crippen molar-refractivity contribution in [2.24, 2.45) is 5.73 Å². The second kappa shape index (κ2) is 25.5. The van der Waals surface area contributed by atoms with Crippen LogP contribution in [0.5, 0.6) is 0 Å². The smallest absolute Gasteiger partial charge is 0.545 e. The molecule has 0 aromatic heterocycles. The molecule has 3 heterocycles. The van der Waals surface area contributed by atoms with E-state index in [0.29, 0.717) is 17.8 Å². The number of carbonyl (C=O) groups is 3. The molecule has 0 spiro atoms. The Kier molecular flexibility index (Phi) is 21.2. The predicted molar refractivity (Wildman–Crippen MR) is 245 cm³/mol. The molecule has 3 aromatic carbocycles. The summed E-state index contributed by atoms with van der Waals surface area (Å²) in [7, 11) is 6.20. The number of nitrogens with two attached hydrogens (primary N) is 1. The molecule has 3 aromatic rings. The summed E-state index contributed by atoms with van der Waals surface area (Å²) in [5, 5.41) is 44.1. The molecule has 0 bridgehead atoms. The monoisotopic (exact) mass is 928 g/mol. The quantitative estimate of drug-likeness (QED) is 0.109. The molecule has 0 unspecified atom stereocenters. The van der Waals surface area contributed by atoms with E-state index in [2.05, 4.69) is 64.3 Å². The van der Waals surface area contributed by atoms with E-state index in [1.807, 2.05) is 7.05 Å². The van der Waals surface area contributed by atoms with Gasteiger partial charge in [-0.25, -0.2) is 4.79 Å². The van der Waals surface area contributed by atoms with Crippen molar-refractivity contribution in [3.05, 3.63) is 102 Å². The van der Waals surface area contributed by atoms with E-state index in [4.69, 9.17) is 10.5 Å². The van der Waals surface area contributed by atoms with Gasteiger partial charge in [0.15, 0.2) is 0 Å². The zero-order chi connectivity index (χ0) is 48.1. The number of carboxylic acids is 1. The number of esters is 1. The number of amides is 1. The number of nitro benzene ring substituents is 3. The van der Waals surface area contributed by atoms with E-state index < -0.39 is 38.3 Å². The fraction of sp³-hybridized carbons (Fsp3) is 0.523. The Morgan fingerprint density at radius 3 is 1.20 bits per heavy atom. The number of ether oxygens (including phenoxy) is 1. The molecule has 3 saturated heterocycles. The van der Waals surface area contributed by atoms with Gasteiger partial charge in [-0.15, -0.1) is 0 Å². The van der Waals surface area contributed by atoms with Crippen LogP contribution < -0.4 is 55.1 Å². The van der Waals surface area contributed by atoms with E-state index in [1.165, 1.54) is 30.3 Å². The number of hydrogen-bond acceptors (Lipinski definition) is 17. The van der Waals surface area contributed by atoms with Gasteiger partial charge >= 0.3 is 35.5 Å². The van der Waals surface area contributed by atoms with Crippen LogP contribution in [0.4, 0.5) is 34.1 Å². The third-order valence-corrected chi connectivity index (χ3v) is 12.0. The molecule has 21 nitrogen and oxygen atoms in total. The molecule has 2 N–H and O–H groups in total. The van der Waals surface area contributed by atoms with Crippen molar-refractivity contribution in [3.8, 4) is 0 Å². The Bertz CT molecular complexity index is 2100. The number of primary amides is 1. The van der Waals surface area contributed by atoms with Crippen LogP contribution >= 0.6 is 0 Å². The van der Waals surface area contributed by atoms with Crippen LogP contribution in [0, 0.1) is 30.3 Å². The average Bonchev–Trinajstić information content (AvgIpc) is 3.28. The zero-order valence-corrected chi connectivity index (χ0v) is 41.2. The molecule has 3 fully saturated rings. The Morgan fingerprint density at radius 2 is 0.894 bits per heavy atom. The number of carboxylic acid groups (broad SMARTS) is 1. The largest absolute Gasteiger partial charge is 1.00 e. The first-order valence-electron chi connectivity index (χ1n) is 21.7. The molecule has 0 radical (unpaired) electrons. The molecule has 354 valence electrons. The van der Waals surface area contributed by atoms with Crippen LogP contribution in [-0.2, 0) is 4.74 Å². The summed E-state index contributed by atoms with van der Waals surface area (Å²) in [6, 6.07) is 14.4. The molecular formula is C44H61N10NaO11. The summed E-state index contributed by atoms with van der Waals surface area (Å²) in [5.74, 6) is -2.94.